The fraction of sp³-hybridized carbons (Fsp3) is 0.318. The van der Waals surface area contributed by atoms with Crippen molar-refractivity contribution in [2.75, 3.05) is 52.4 Å². The largest absolute Gasteiger partial charge is 0.493 e. The molecule has 8 heteroatoms. The lowest BCUT2D eigenvalue weighted by Gasteiger charge is -2.34. The van der Waals surface area contributed by atoms with Crippen LogP contribution in [0.25, 0.3) is 10.8 Å². The van der Waals surface area contributed by atoms with Crippen LogP contribution < -0.4 is 19.1 Å². The van der Waals surface area contributed by atoms with Gasteiger partial charge in [0.05, 0.1) is 21.3 Å². The average Bonchev–Trinajstić information content (AvgIpc) is 2.82. The molecular formula is C22H24N4O4. The normalized spacial score (nSPS) is 14.0. The number of hydrogen-bond donors (Lipinski definition) is 0. The average molecular weight is 408 g/mol. The summed E-state index contributed by atoms with van der Waals surface area (Å²) in [5.74, 6) is 2.37. The van der Waals surface area contributed by atoms with E-state index in [0.717, 1.165) is 10.8 Å². The molecule has 1 amide bonds. The number of methoxy groups -OCH3 is 3. The second-order valence-corrected chi connectivity index (χ2v) is 6.91. The number of aromatic nitrogens is 2. The second kappa shape index (κ2) is 8.44. The zero-order chi connectivity index (χ0) is 21.1. The van der Waals surface area contributed by atoms with E-state index in [4.69, 9.17) is 14.2 Å². The van der Waals surface area contributed by atoms with Crippen LogP contribution in [0.4, 0.5) is 5.95 Å². The molecular weight excluding hydrogens is 384 g/mol. The molecule has 0 atom stereocenters. The monoisotopic (exact) mass is 408 g/mol. The number of carbonyl (C=O) groups excluding carboxylic acids is 1. The predicted molar refractivity (Wildman–Crippen MR) is 114 cm³/mol. The molecule has 156 valence electrons. The fourth-order valence-electron chi connectivity index (χ4n) is 3.76. The summed E-state index contributed by atoms with van der Waals surface area (Å²) >= 11 is 0. The summed E-state index contributed by atoms with van der Waals surface area (Å²) in [4.78, 5) is 25.6. The van der Waals surface area contributed by atoms with E-state index < -0.39 is 0 Å². The van der Waals surface area contributed by atoms with Gasteiger partial charge in [0, 0.05) is 49.5 Å². The third kappa shape index (κ3) is 3.56. The molecule has 0 radical (unpaired) electrons. The minimum absolute atomic E-state index is 0.000665. The van der Waals surface area contributed by atoms with Crippen LogP contribution in [0, 0.1) is 0 Å². The Bertz CT molecular complexity index is 1050. The van der Waals surface area contributed by atoms with E-state index >= 15 is 0 Å². The minimum Gasteiger partial charge on any atom is -0.493 e. The second-order valence-electron chi connectivity index (χ2n) is 6.91. The number of rotatable bonds is 5. The van der Waals surface area contributed by atoms with Gasteiger partial charge < -0.3 is 24.0 Å². The molecule has 2 heterocycles. The van der Waals surface area contributed by atoms with Crippen LogP contribution in [0.3, 0.4) is 0 Å². The first-order valence-electron chi connectivity index (χ1n) is 9.70. The van der Waals surface area contributed by atoms with Gasteiger partial charge in [-0.05, 0) is 35.7 Å². The van der Waals surface area contributed by atoms with E-state index in [-0.39, 0.29) is 5.91 Å². The summed E-state index contributed by atoms with van der Waals surface area (Å²) in [5.41, 5.74) is 0.626. The highest BCUT2D eigenvalue weighted by Gasteiger charge is 2.24. The quantitative estimate of drug-likeness (QED) is 0.642. The number of benzene rings is 2. The van der Waals surface area contributed by atoms with E-state index in [1.165, 1.54) is 0 Å². The predicted octanol–water partition coefficient (Wildman–Crippen LogP) is 2.62. The smallest absolute Gasteiger partial charge is 0.253 e. The molecule has 0 bridgehead atoms. The lowest BCUT2D eigenvalue weighted by Crippen LogP contribution is -2.49. The lowest BCUT2D eigenvalue weighted by molar-refractivity contribution is 0.0746. The molecule has 4 rings (SSSR count). The summed E-state index contributed by atoms with van der Waals surface area (Å²) in [6.45, 7) is 2.62. The third-order valence-corrected chi connectivity index (χ3v) is 5.29. The van der Waals surface area contributed by atoms with E-state index in [1.807, 2.05) is 29.2 Å². The van der Waals surface area contributed by atoms with Crippen molar-refractivity contribution in [1.29, 1.82) is 0 Å². The van der Waals surface area contributed by atoms with E-state index in [1.54, 1.807) is 39.8 Å². The topological polar surface area (TPSA) is 77.0 Å². The molecule has 1 fully saturated rings. The highest BCUT2D eigenvalue weighted by molar-refractivity contribution is 6.01. The van der Waals surface area contributed by atoms with Crippen LogP contribution in [-0.2, 0) is 0 Å². The van der Waals surface area contributed by atoms with Gasteiger partial charge in [-0.25, -0.2) is 9.97 Å². The molecule has 1 aliphatic rings. The Kier molecular flexibility index (Phi) is 5.56. The zero-order valence-electron chi connectivity index (χ0n) is 17.3. The third-order valence-electron chi connectivity index (χ3n) is 5.29. The summed E-state index contributed by atoms with van der Waals surface area (Å²) in [6.07, 6.45) is 3.46. The number of nitrogens with zero attached hydrogens (tertiary/aromatic N) is 4. The van der Waals surface area contributed by atoms with Gasteiger partial charge in [-0.1, -0.05) is 0 Å². The Balaban J connectivity index is 1.57. The lowest BCUT2D eigenvalue weighted by atomic mass is 10.0. The van der Waals surface area contributed by atoms with Crippen molar-refractivity contribution in [1.82, 2.24) is 14.9 Å². The summed E-state index contributed by atoms with van der Waals surface area (Å²) in [7, 11) is 4.74. The van der Waals surface area contributed by atoms with Crippen LogP contribution in [-0.4, -0.2) is 68.3 Å². The van der Waals surface area contributed by atoms with Gasteiger partial charge >= 0.3 is 0 Å². The maximum Gasteiger partial charge on any atom is 0.253 e. The molecule has 30 heavy (non-hydrogen) atoms. The molecule has 0 N–H and O–H groups in total. The Labute approximate surface area is 175 Å². The zero-order valence-corrected chi connectivity index (χ0v) is 17.3. The molecule has 1 aromatic heterocycles. The van der Waals surface area contributed by atoms with Gasteiger partial charge in [0.1, 0.15) is 0 Å². The maximum atomic E-state index is 13.1. The molecule has 1 saturated heterocycles. The van der Waals surface area contributed by atoms with Gasteiger partial charge in [-0.15, -0.1) is 0 Å². The van der Waals surface area contributed by atoms with Crippen LogP contribution in [0.15, 0.2) is 42.7 Å². The van der Waals surface area contributed by atoms with Crippen molar-refractivity contribution in [2.45, 2.75) is 0 Å². The number of ether oxygens (including phenoxy) is 3. The standard InChI is InChI=1S/C22H24N4O4/c1-28-18-14-16-13-15(5-6-17(16)19(29-2)20(18)30-3)21(27)25-9-11-26(12-10-25)22-23-7-4-8-24-22/h4-8,13-14H,9-12H2,1-3H3. The van der Waals surface area contributed by atoms with E-state index in [2.05, 4.69) is 14.9 Å². The molecule has 3 aromatic rings. The highest BCUT2D eigenvalue weighted by Crippen LogP contribution is 2.43. The number of anilines is 1. The number of amides is 1. The molecule has 0 saturated carbocycles. The van der Waals surface area contributed by atoms with Gasteiger partial charge in [-0.2, -0.15) is 0 Å². The highest BCUT2D eigenvalue weighted by atomic mass is 16.5. The Hall–Kier alpha value is -3.55. The number of piperazine rings is 1. The van der Waals surface area contributed by atoms with E-state index in [0.29, 0.717) is 54.9 Å². The van der Waals surface area contributed by atoms with Crippen molar-refractivity contribution in [3.05, 3.63) is 48.3 Å². The molecule has 8 nitrogen and oxygen atoms in total. The van der Waals surface area contributed by atoms with Crippen molar-refractivity contribution in [2.24, 2.45) is 0 Å². The molecule has 0 spiro atoms. The van der Waals surface area contributed by atoms with Crippen LogP contribution in [0.2, 0.25) is 0 Å². The van der Waals surface area contributed by atoms with Gasteiger partial charge in [0.15, 0.2) is 11.5 Å². The Morgan fingerprint density at radius 2 is 1.60 bits per heavy atom. The maximum absolute atomic E-state index is 13.1. The van der Waals surface area contributed by atoms with E-state index in [9.17, 15) is 4.79 Å². The fourth-order valence-corrected chi connectivity index (χ4v) is 3.76. The minimum atomic E-state index is -0.000665. The summed E-state index contributed by atoms with van der Waals surface area (Å²) in [6, 6.07) is 9.23. The summed E-state index contributed by atoms with van der Waals surface area (Å²) < 4.78 is 16.4. The molecule has 0 aliphatic carbocycles. The van der Waals surface area contributed by atoms with Gasteiger partial charge in [0.25, 0.3) is 5.91 Å². The number of hydrogen-bond acceptors (Lipinski definition) is 7. The number of carbonyl (C=O) groups is 1. The van der Waals surface area contributed by atoms with Crippen LogP contribution in [0.5, 0.6) is 17.2 Å². The summed E-state index contributed by atoms with van der Waals surface area (Å²) in [5, 5.41) is 1.71. The Morgan fingerprint density at radius 1 is 0.900 bits per heavy atom. The number of fused-ring (bicyclic) bond motifs is 1. The van der Waals surface area contributed by atoms with Crippen molar-refractivity contribution in [3.63, 3.8) is 0 Å². The van der Waals surface area contributed by atoms with Crippen LogP contribution >= 0.6 is 0 Å². The van der Waals surface area contributed by atoms with Gasteiger partial charge in [0.2, 0.25) is 11.7 Å². The van der Waals surface area contributed by atoms with Gasteiger partial charge in [-0.3, -0.25) is 4.79 Å². The first-order valence-corrected chi connectivity index (χ1v) is 9.70. The first-order chi connectivity index (χ1) is 14.7. The Morgan fingerprint density at radius 3 is 2.23 bits per heavy atom. The SMILES string of the molecule is COc1cc2cc(C(=O)N3CCN(c4ncccn4)CC3)ccc2c(OC)c1OC. The molecule has 2 aromatic carbocycles. The first kappa shape index (κ1) is 19.8. The molecule has 1 aliphatic heterocycles. The van der Waals surface area contributed by atoms with Crippen LogP contribution in [0.1, 0.15) is 10.4 Å². The van der Waals surface area contributed by atoms with Crippen molar-refractivity contribution >= 4 is 22.6 Å². The molecule has 0 unspecified atom stereocenters. The van der Waals surface area contributed by atoms with Crippen molar-refractivity contribution in [3.8, 4) is 17.2 Å². The van der Waals surface area contributed by atoms with Crippen molar-refractivity contribution < 1.29 is 19.0 Å².